The Morgan fingerprint density at radius 3 is 3.00 bits per heavy atom. The Morgan fingerprint density at radius 1 is 1.50 bits per heavy atom. The van der Waals surface area contributed by atoms with Crippen molar-refractivity contribution in [3.05, 3.63) is 30.6 Å². The molecule has 2 aromatic heterocycles. The third-order valence-electron chi connectivity index (χ3n) is 3.45. The Bertz CT molecular complexity index is 684. The average Bonchev–Trinajstić information content (AvgIpc) is 3.02. The summed E-state index contributed by atoms with van der Waals surface area (Å²) in [7, 11) is 1.83. The summed E-state index contributed by atoms with van der Waals surface area (Å²) in [6.45, 7) is 0.557. The predicted molar refractivity (Wildman–Crippen MR) is 75.7 cm³/mol. The lowest BCUT2D eigenvalue weighted by Crippen LogP contribution is -2.26. The Balaban J connectivity index is 1.95. The summed E-state index contributed by atoms with van der Waals surface area (Å²) in [4.78, 5) is 17.8. The minimum Gasteiger partial charge on any atom is -0.296 e. The molecular formula is C15H14N4O. The molecule has 0 spiro atoms. The Morgan fingerprint density at radius 2 is 2.35 bits per heavy atom. The molecule has 5 heteroatoms. The molecule has 2 aromatic rings. The van der Waals surface area contributed by atoms with Gasteiger partial charge >= 0.3 is 0 Å². The predicted octanol–water partition coefficient (Wildman–Crippen LogP) is 1.47. The Labute approximate surface area is 117 Å². The van der Waals surface area contributed by atoms with Crippen molar-refractivity contribution < 1.29 is 4.79 Å². The van der Waals surface area contributed by atoms with Gasteiger partial charge < -0.3 is 0 Å². The summed E-state index contributed by atoms with van der Waals surface area (Å²) >= 11 is 0. The van der Waals surface area contributed by atoms with Gasteiger partial charge in [-0.2, -0.15) is 5.10 Å². The van der Waals surface area contributed by atoms with Gasteiger partial charge in [-0.1, -0.05) is 0 Å². The van der Waals surface area contributed by atoms with E-state index in [1.165, 1.54) is 0 Å². The number of anilines is 1. The molecule has 1 aliphatic rings. The molecular weight excluding hydrogens is 252 g/mol. The maximum atomic E-state index is 12.0. The van der Waals surface area contributed by atoms with E-state index >= 15 is 0 Å². The number of hydrogen-bond donors (Lipinski definition) is 0. The fourth-order valence-electron chi connectivity index (χ4n) is 2.41. The summed E-state index contributed by atoms with van der Waals surface area (Å²) in [6.07, 6.45) is 9.29. The normalized spacial score (nSPS) is 18.3. The van der Waals surface area contributed by atoms with Crippen LogP contribution in [-0.4, -0.2) is 27.2 Å². The van der Waals surface area contributed by atoms with Crippen LogP contribution in [0.25, 0.3) is 11.3 Å². The van der Waals surface area contributed by atoms with Gasteiger partial charge in [-0.15, -0.1) is 12.3 Å². The van der Waals surface area contributed by atoms with Crippen molar-refractivity contribution in [1.29, 1.82) is 0 Å². The first-order chi connectivity index (χ1) is 9.69. The van der Waals surface area contributed by atoms with Gasteiger partial charge in [-0.3, -0.25) is 19.4 Å². The van der Waals surface area contributed by atoms with E-state index in [0.29, 0.717) is 13.0 Å². The molecule has 1 amide bonds. The molecule has 0 N–H and O–H groups in total. The number of nitrogens with zero attached hydrogens (tertiary/aromatic N) is 4. The minimum atomic E-state index is -0.0146. The van der Waals surface area contributed by atoms with Crippen molar-refractivity contribution in [2.45, 2.75) is 6.42 Å². The molecule has 0 radical (unpaired) electrons. The number of terminal acetylenes is 1. The third kappa shape index (κ3) is 2.05. The zero-order valence-electron chi connectivity index (χ0n) is 11.2. The van der Waals surface area contributed by atoms with Gasteiger partial charge in [-0.25, -0.2) is 0 Å². The highest BCUT2D eigenvalue weighted by molar-refractivity contribution is 5.95. The lowest BCUT2D eigenvalue weighted by molar-refractivity contribution is -0.117. The molecule has 0 saturated carbocycles. The highest BCUT2D eigenvalue weighted by Crippen LogP contribution is 2.28. The topological polar surface area (TPSA) is 51.0 Å². The van der Waals surface area contributed by atoms with Gasteiger partial charge in [0.05, 0.1) is 5.69 Å². The van der Waals surface area contributed by atoms with Crippen LogP contribution >= 0.6 is 0 Å². The molecule has 1 unspecified atom stereocenters. The smallest absolute Gasteiger partial charge is 0.229 e. The first kappa shape index (κ1) is 12.4. The molecule has 20 heavy (non-hydrogen) atoms. The first-order valence-electron chi connectivity index (χ1n) is 6.40. The van der Waals surface area contributed by atoms with Crippen LogP contribution in [0.4, 0.5) is 5.82 Å². The highest BCUT2D eigenvalue weighted by atomic mass is 16.2. The number of aromatic nitrogens is 3. The molecule has 3 heterocycles. The largest absolute Gasteiger partial charge is 0.296 e. The van der Waals surface area contributed by atoms with E-state index < -0.39 is 0 Å². The number of rotatable bonds is 2. The Kier molecular flexibility index (Phi) is 2.99. The van der Waals surface area contributed by atoms with Gasteiger partial charge in [0.1, 0.15) is 5.82 Å². The SMILES string of the molecule is C#CC1CC(=O)N(c2cc(-c3cccnc3)nn2C)C1. The first-order valence-corrected chi connectivity index (χ1v) is 6.40. The molecule has 1 fully saturated rings. The number of aryl methyl sites for hydroxylation is 1. The second-order valence-corrected chi connectivity index (χ2v) is 4.83. The lowest BCUT2D eigenvalue weighted by Gasteiger charge is -2.15. The molecule has 1 atom stereocenters. The number of hydrogen-bond acceptors (Lipinski definition) is 3. The van der Waals surface area contributed by atoms with Gasteiger partial charge in [0, 0.05) is 50.0 Å². The molecule has 5 nitrogen and oxygen atoms in total. The zero-order chi connectivity index (χ0) is 14.1. The second-order valence-electron chi connectivity index (χ2n) is 4.83. The van der Waals surface area contributed by atoms with Gasteiger partial charge in [-0.05, 0) is 12.1 Å². The van der Waals surface area contributed by atoms with Crippen molar-refractivity contribution >= 4 is 11.7 Å². The van der Waals surface area contributed by atoms with Crippen molar-refractivity contribution in [3.63, 3.8) is 0 Å². The zero-order valence-corrected chi connectivity index (χ0v) is 11.2. The third-order valence-corrected chi connectivity index (χ3v) is 3.45. The number of carbonyl (C=O) groups is 1. The van der Waals surface area contributed by atoms with Crippen molar-refractivity contribution in [3.8, 4) is 23.6 Å². The molecule has 0 bridgehead atoms. The van der Waals surface area contributed by atoms with Crippen LogP contribution < -0.4 is 4.90 Å². The monoisotopic (exact) mass is 266 g/mol. The molecule has 100 valence electrons. The quantitative estimate of drug-likeness (QED) is 0.773. The van der Waals surface area contributed by atoms with Gasteiger partial charge in [0.2, 0.25) is 5.91 Å². The fraction of sp³-hybridized carbons (Fsp3) is 0.267. The lowest BCUT2D eigenvalue weighted by atomic mass is 10.1. The highest BCUT2D eigenvalue weighted by Gasteiger charge is 2.31. The number of carbonyl (C=O) groups excluding carboxylic acids is 1. The van der Waals surface area contributed by atoms with E-state index in [1.807, 2.05) is 25.2 Å². The van der Waals surface area contributed by atoms with Crippen LogP contribution in [0.5, 0.6) is 0 Å². The van der Waals surface area contributed by atoms with Crippen LogP contribution in [0.15, 0.2) is 30.6 Å². The van der Waals surface area contributed by atoms with Crippen LogP contribution in [0.3, 0.4) is 0 Å². The molecule has 1 aliphatic heterocycles. The Hall–Kier alpha value is -2.61. The van der Waals surface area contributed by atoms with Crippen molar-refractivity contribution in [2.24, 2.45) is 13.0 Å². The average molecular weight is 266 g/mol. The molecule has 0 aliphatic carbocycles. The summed E-state index contributed by atoms with van der Waals surface area (Å²) in [5, 5.41) is 4.44. The van der Waals surface area contributed by atoms with Gasteiger partial charge in [0.15, 0.2) is 0 Å². The van der Waals surface area contributed by atoms with E-state index in [4.69, 9.17) is 6.42 Å². The van der Waals surface area contributed by atoms with Crippen LogP contribution in [0.2, 0.25) is 0 Å². The van der Waals surface area contributed by atoms with E-state index in [2.05, 4.69) is 16.0 Å². The summed E-state index contributed by atoms with van der Waals surface area (Å²) in [5.41, 5.74) is 1.72. The van der Waals surface area contributed by atoms with Crippen LogP contribution in [-0.2, 0) is 11.8 Å². The maximum absolute atomic E-state index is 12.0. The minimum absolute atomic E-state index is 0.0146. The van der Waals surface area contributed by atoms with E-state index in [-0.39, 0.29) is 11.8 Å². The van der Waals surface area contributed by atoms with E-state index in [9.17, 15) is 4.79 Å². The fourth-order valence-corrected chi connectivity index (χ4v) is 2.41. The standard InChI is InChI=1S/C15H14N4O/c1-3-11-7-15(20)19(10-11)14-8-13(17-18(14)2)12-5-4-6-16-9-12/h1,4-6,8-9,11H,7,10H2,2H3. The van der Waals surface area contributed by atoms with Crippen molar-refractivity contribution in [1.82, 2.24) is 14.8 Å². The van der Waals surface area contributed by atoms with Gasteiger partial charge in [0.25, 0.3) is 0 Å². The molecule has 3 rings (SSSR count). The second kappa shape index (κ2) is 4.82. The maximum Gasteiger partial charge on any atom is 0.229 e. The summed E-state index contributed by atoms with van der Waals surface area (Å²) < 4.78 is 1.71. The molecule has 1 saturated heterocycles. The van der Waals surface area contributed by atoms with E-state index in [0.717, 1.165) is 17.1 Å². The molecule has 0 aromatic carbocycles. The number of pyridine rings is 1. The van der Waals surface area contributed by atoms with E-state index in [1.54, 1.807) is 22.0 Å². The summed E-state index contributed by atoms with van der Waals surface area (Å²) in [6, 6.07) is 5.70. The van der Waals surface area contributed by atoms with Crippen LogP contribution in [0.1, 0.15) is 6.42 Å². The summed E-state index contributed by atoms with van der Waals surface area (Å²) in [5.74, 6) is 3.45. The van der Waals surface area contributed by atoms with Crippen LogP contribution in [0, 0.1) is 18.3 Å². The number of amides is 1. The van der Waals surface area contributed by atoms with Crippen molar-refractivity contribution in [2.75, 3.05) is 11.4 Å².